The molecule has 22 heavy (non-hydrogen) atoms. The summed E-state index contributed by atoms with van der Waals surface area (Å²) in [6.07, 6.45) is 4.88. The third-order valence-electron chi connectivity index (χ3n) is 3.77. The summed E-state index contributed by atoms with van der Waals surface area (Å²) in [7, 11) is 0. The highest BCUT2D eigenvalue weighted by Gasteiger charge is 2.24. The molecule has 1 atom stereocenters. The van der Waals surface area contributed by atoms with Gasteiger partial charge in [-0.05, 0) is 37.5 Å². The average molecular weight is 304 g/mol. The van der Waals surface area contributed by atoms with Crippen molar-refractivity contribution in [2.75, 3.05) is 10.6 Å². The fraction of sp³-hybridized carbons (Fsp3) is 0.529. The molecule has 1 unspecified atom stereocenters. The molecule has 1 aliphatic carbocycles. The molecule has 0 spiro atoms. The van der Waals surface area contributed by atoms with E-state index in [4.69, 9.17) is 4.74 Å². The lowest BCUT2D eigenvalue weighted by Gasteiger charge is -2.20. The fourth-order valence-electron chi connectivity index (χ4n) is 2.70. The van der Waals surface area contributed by atoms with Gasteiger partial charge >= 0.3 is 0 Å². The first-order valence-electron chi connectivity index (χ1n) is 7.92. The Morgan fingerprint density at radius 1 is 1.23 bits per heavy atom. The van der Waals surface area contributed by atoms with Gasteiger partial charge in [-0.3, -0.25) is 9.59 Å². The molecule has 2 rings (SSSR count). The highest BCUT2D eigenvalue weighted by atomic mass is 16.5. The predicted molar refractivity (Wildman–Crippen MR) is 86.8 cm³/mol. The van der Waals surface area contributed by atoms with Gasteiger partial charge in [-0.25, -0.2) is 0 Å². The van der Waals surface area contributed by atoms with E-state index >= 15 is 0 Å². The Morgan fingerprint density at radius 2 is 1.86 bits per heavy atom. The van der Waals surface area contributed by atoms with Crippen molar-refractivity contribution in [3.63, 3.8) is 0 Å². The molecule has 0 aliphatic heterocycles. The topological polar surface area (TPSA) is 67.4 Å². The highest BCUT2D eigenvalue weighted by Crippen LogP contribution is 2.23. The van der Waals surface area contributed by atoms with Crippen LogP contribution in [0.3, 0.4) is 0 Å². The SMILES string of the molecule is CCC(OC1CCCC1)C(=O)Nc1cccc(NC(C)=O)c1. The molecule has 1 fully saturated rings. The molecule has 1 saturated carbocycles. The lowest BCUT2D eigenvalue weighted by atomic mass is 10.2. The first kappa shape index (κ1) is 16.5. The van der Waals surface area contributed by atoms with Crippen LogP contribution in [0.1, 0.15) is 46.0 Å². The normalized spacial score (nSPS) is 16.3. The van der Waals surface area contributed by atoms with Gasteiger partial charge in [-0.1, -0.05) is 25.8 Å². The van der Waals surface area contributed by atoms with Gasteiger partial charge in [0.2, 0.25) is 5.91 Å². The zero-order valence-corrected chi connectivity index (χ0v) is 13.2. The van der Waals surface area contributed by atoms with Crippen LogP contribution in [0, 0.1) is 0 Å². The maximum absolute atomic E-state index is 12.3. The Kier molecular flexibility index (Phi) is 5.95. The third-order valence-corrected chi connectivity index (χ3v) is 3.77. The van der Waals surface area contributed by atoms with Crippen molar-refractivity contribution in [2.24, 2.45) is 0 Å². The maximum Gasteiger partial charge on any atom is 0.253 e. The summed E-state index contributed by atoms with van der Waals surface area (Å²) in [6.45, 7) is 3.40. The van der Waals surface area contributed by atoms with Crippen LogP contribution >= 0.6 is 0 Å². The standard InChI is InChI=1S/C17H24N2O3/c1-3-16(22-15-9-4-5-10-15)17(21)19-14-8-6-7-13(11-14)18-12(2)20/h6-8,11,15-16H,3-5,9-10H2,1-2H3,(H,18,20)(H,19,21). The van der Waals surface area contributed by atoms with E-state index in [1.54, 1.807) is 24.3 Å². The van der Waals surface area contributed by atoms with Crippen molar-refractivity contribution in [1.82, 2.24) is 0 Å². The summed E-state index contributed by atoms with van der Waals surface area (Å²) in [6, 6.07) is 7.11. The molecule has 2 N–H and O–H groups in total. The summed E-state index contributed by atoms with van der Waals surface area (Å²) in [4.78, 5) is 23.4. The second-order valence-corrected chi connectivity index (χ2v) is 5.69. The van der Waals surface area contributed by atoms with Crippen LogP contribution in [0.5, 0.6) is 0 Å². The molecular formula is C17H24N2O3. The van der Waals surface area contributed by atoms with E-state index in [9.17, 15) is 9.59 Å². The smallest absolute Gasteiger partial charge is 0.253 e. The van der Waals surface area contributed by atoms with Gasteiger partial charge in [-0.15, -0.1) is 0 Å². The summed E-state index contributed by atoms with van der Waals surface area (Å²) in [5.74, 6) is -0.270. The van der Waals surface area contributed by atoms with Gasteiger partial charge in [0.1, 0.15) is 6.10 Å². The first-order chi connectivity index (χ1) is 10.6. The van der Waals surface area contributed by atoms with E-state index in [0.29, 0.717) is 17.8 Å². The van der Waals surface area contributed by atoms with E-state index in [-0.39, 0.29) is 17.9 Å². The van der Waals surface area contributed by atoms with Crippen LogP contribution in [-0.4, -0.2) is 24.0 Å². The Bertz CT molecular complexity index is 524. The van der Waals surface area contributed by atoms with Crippen molar-refractivity contribution < 1.29 is 14.3 Å². The molecule has 0 radical (unpaired) electrons. The largest absolute Gasteiger partial charge is 0.365 e. The molecule has 1 aliphatic rings. The van der Waals surface area contributed by atoms with Gasteiger partial charge in [0.25, 0.3) is 5.91 Å². The number of nitrogens with one attached hydrogen (secondary N) is 2. The molecule has 120 valence electrons. The molecule has 5 heteroatoms. The van der Waals surface area contributed by atoms with E-state index in [0.717, 1.165) is 12.8 Å². The Balaban J connectivity index is 1.95. The van der Waals surface area contributed by atoms with Crippen molar-refractivity contribution in [3.05, 3.63) is 24.3 Å². The quantitative estimate of drug-likeness (QED) is 0.847. The number of rotatable bonds is 6. The van der Waals surface area contributed by atoms with E-state index in [1.807, 2.05) is 6.92 Å². The minimum Gasteiger partial charge on any atom is -0.365 e. The monoisotopic (exact) mass is 304 g/mol. The number of carbonyl (C=O) groups is 2. The van der Waals surface area contributed by atoms with Gasteiger partial charge in [0.15, 0.2) is 0 Å². The highest BCUT2D eigenvalue weighted by molar-refractivity contribution is 5.95. The Hall–Kier alpha value is -1.88. The lowest BCUT2D eigenvalue weighted by molar-refractivity contribution is -0.131. The molecule has 0 saturated heterocycles. The number of anilines is 2. The summed E-state index contributed by atoms with van der Waals surface area (Å²) in [5, 5.41) is 5.56. The van der Waals surface area contributed by atoms with Gasteiger partial charge < -0.3 is 15.4 Å². The fourth-order valence-corrected chi connectivity index (χ4v) is 2.70. The van der Waals surface area contributed by atoms with Crippen molar-refractivity contribution in [3.8, 4) is 0 Å². The van der Waals surface area contributed by atoms with Crippen molar-refractivity contribution in [2.45, 2.75) is 58.2 Å². The third kappa shape index (κ3) is 4.84. The molecule has 1 aromatic rings. The van der Waals surface area contributed by atoms with E-state index in [1.165, 1.54) is 19.8 Å². The second-order valence-electron chi connectivity index (χ2n) is 5.69. The second kappa shape index (κ2) is 7.94. The summed E-state index contributed by atoms with van der Waals surface area (Å²) < 4.78 is 5.91. The zero-order chi connectivity index (χ0) is 15.9. The number of ether oxygens (including phenoxy) is 1. The Morgan fingerprint density at radius 3 is 2.45 bits per heavy atom. The van der Waals surface area contributed by atoms with Gasteiger partial charge in [0.05, 0.1) is 6.10 Å². The number of hydrogen-bond donors (Lipinski definition) is 2. The predicted octanol–water partition coefficient (Wildman–Crippen LogP) is 3.32. The summed E-state index contributed by atoms with van der Waals surface area (Å²) in [5.41, 5.74) is 1.32. The maximum atomic E-state index is 12.3. The van der Waals surface area contributed by atoms with Crippen molar-refractivity contribution >= 4 is 23.2 Å². The molecule has 0 heterocycles. The molecule has 5 nitrogen and oxygen atoms in total. The molecule has 0 aromatic heterocycles. The minimum atomic E-state index is -0.424. The van der Waals surface area contributed by atoms with Crippen LogP contribution in [0.15, 0.2) is 24.3 Å². The minimum absolute atomic E-state index is 0.130. The molecule has 2 amide bonds. The average Bonchev–Trinajstić information content (AvgIpc) is 2.97. The number of benzene rings is 1. The van der Waals surface area contributed by atoms with E-state index in [2.05, 4.69) is 10.6 Å². The van der Waals surface area contributed by atoms with Gasteiger partial charge in [-0.2, -0.15) is 0 Å². The van der Waals surface area contributed by atoms with E-state index < -0.39 is 6.10 Å². The number of amides is 2. The molecule has 1 aromatic carbocycles. The van der Waals surface area contributed by atoms with Crippen LogP contribution in [-0.2, 0) is 14.3 Å². The van der Waals surface area contributed by atoms with Gasteiger partial charge in [0, 0.05) is 18.3 Å². The van der Waals surface area contributed by atoms with Crippen LogP contribution < -0.4 is 10.6 Å². The van der Waals surface area contributed by atoms with Crippen LogP contribution in [0.2, 0.25) is 0 Å². The number of hydrogen-bond acceptors (Lipinski definition) is 3. The zero-order valence-electron chi connectivity index (χ0n) is 13.2. The molecular weight excluding hydrogens is 280 g/mol. The van der Waals surface area contributed by atoms with Crippen molar-refractivity contribution in [1.29, 1.82) is 0 Å². The Labute approximate surface area is 131 Å². The summed E-state index contributed by atoms with van der Waals surface area (Å²) >= 11 is 0. The van der Waals surface area contributed by atoms with Crippen LogP contribution in [0.25, 0.3) is 0 Å². The lowest BCUT2D eigenvalue weighted by Crippen LogP contribution is -2.32. The van der Waals surface area contributed by atoms with Crippen LogP contribution in [0.4, 0.5) is 11.4 Å². The number of carbonyl (C=O) groups excluding carboxylic acids is 2. The molecule has 0 bridgehead atoms. The first-order valence-corrected chi connectivity index (χ1v) is 7.92.